The zero-order valence-electron chi connectivity index (χ0n) is 16.8. The van der Waals surface area contributed by atoms with Crippen molar-refractivity contribution in [3.63, 3.8) is 0 Å². The second-order valence-corrected chi connectivity index (χ2v) is 8.62. The largest absolute Gasteiger partial charge is 0.465 e. The average molecular weight is 453 g/mol. The fourth-order valence-electron chi connectivity index (χ4n) is 4.09. The molecule has 1 fully saturated rings. The van der Waals surface area contributed by atoms with Crippen LogP contribution >= 0.6 is 11.3 Å². The molecule has 0 saturated carbocycles. The SMILES string of the molecule is O=C(O)N1CCC(n2c(=O)c3sc(-c4ccccc4)cc3n(Cc3nn[nH]n3)c2=O)CC1. The number of aromatic nitrogens is 6. The molecule has 5 rings (SSSR count). The highest BCUT2D eigenvalue weighted by Crippen LogP contribution is 2.32. The Hall–Kier alpha value is -3.80. The number of benzene rings is 1. The van der Waals surface area contributed by atoms with Crippen molar-refractivity contribution < 1.29 is 9.90 Å². The van der Waals surface area contributed by atoms with Crippen molar-refractivity contribution in [3.05, 3.63) is 63.1 Å². The van der Waals surface area contributed by atoms with Gasteiger partial charge in [0, 0.05) is 24.0 Å². The summed E-state index contributed by atoms with van der Waals surface area (Å²) in [6.07, 6.45) is -0.204. The lowest BCUT2D eigenvalue weighted by atomic mass is 10.1. The molecule has 0 radical (unpaired) electrons. The minimum absolute atomic E-state index is 0.0606. The van der Waals surface area contributed by atoms with Gasteiger partial charge in [0.05, 0.1) is 12.1 Å². The number of H-pyrrole nitrogens is 1. The summed E-state index contributed by atoms with van der Waals surface area (Å²) < 4.78 is 3.23. The molecular weight excluding hydrogens is 434 g/mol. The van der Waals surface area contributed by atoms with E-state index in [1.807, 2.05) is 36.4 Å². The summed E-state index contributed by atoms with van der Waals surface area (Å²) >= 11 is 1.33. The number of piperidine rings is 1. The minimum Gasteiger partial charge on any atom is -0.465 e. The fraction of sp³-hybridized carbons (Fsp3) is 0.300. The van der Waals surface area contributed by atoms with Crippen molar-refractivity contribution in [3.8, 4) is 10.4 Å². The van der Waals surface area contributed by atoms with Crippen LogP contribution in [0.2, 0.25) is 0 Å². The first kappa shape index (κ1) is 20.1. The van der Waals surface area contributed by atoms with Crippen LogP contribution < -0.4 is 11.2 Å². The number of nitrogens with one attached hydrogen (secondary N) is 1. The molecule has 4 aromatic rings. The molecule has 0 bridgehead atoms. The first-order valence-electron chi connectivity index (χ1n) is 10.1. The number of hydrogen-bond acceptors (Lipinski definition) is 7. The van der Waals surface area contributed by atoms with Gasteiger partial charge in [-0.05, 0) is 24.5 Å². The first-order chi connectivity index (χ1) is 15.5. The molecule has 164 valence electrons. The number of carbonyl (C=O) groups is 1. The Morgan fingerprint density at radius 2 is 1.94 bits per heavy atom. The van der Waals surface area contributed by atoms with Crippen LogP contribution in [0.15, 0.2) is 46.0 Å². The molecule has 0 aliphatic carbocycles. The van der Waals surface area contributed by atoms with Gasteiger partial charge < -0.3 is 10.0 Å². The Labute approximate surface area is 184 Å². The van der Waals surface area contributed by atoms with Crippen molar-refractivity contribution in [2.75, 3.05) is 13.1 Å². The van der Waals surface area contributed by atoms with E-state index in [1.54, 1.807) is 0 Å². The van der Waals surface area contributed by atoms with E-state index < -0.39 is 11.8 Å². The van der Waals surface area contributed by atoms with Gasteiger partial charge in [-0.15, -0.1) is 21.5 Å². The van der Waals surface area contributed by atoms with Crippen molar-refractivity contribution in [2.24, 2.45) is 0 Å². The van der Waals surface area contributed by atoms with Crippen LogP contribution in [0.1, 0.15) is 24.7 Å². The summed E-state index contributed by atoms with van der Waals surface area (Å²) in [5.41, 5.74) is 0.662. The lowest BCUT2D eigenvalue weighted by molar-refractivity contribution is 0.124. The molecule has 32 heavy (non-hydrogen) atoms. The van der Waals surface area contributed by atoms with Crippen LogP contribution in [0.25, 0.3) is 20.7 Å². The molecule has 0 spiro atoms. The summed E-state index contributed by atoms with van der Waals surface area (Å²) in [7, 11) is 0. The van der Waals surface area contributed by atoms with Crippen molar-refractivity contribution in [2.45, 2.75) is 25.4 Å². The number of fused-ring (bicyclic) bond motifs is 1. The molecule has 1 aliphatic rings. The number of hydrogen-bond donors (Lipinski definition) is 2. The number of likely N-dealkylation sites (tertiary alicyclic amines) is 1. The molecule has 1 aromatic carbocycles. The predicted molar refractivity (Wildman–Crippen MR) is 117 cm³/mol. The van der Waals surface area contributed by atoms with Gasteiger partial charge in [0.15, 0.2) is 5.82 Å². The summed E-state index contributed by atoms with van der Waals surface area (Å²) in [5, 5.41) is 23.1. The van der Waals surface area contributed by atoms with E-state index in [0.29, 0.717) is 28.9 Å². The van der Waals surface area contributed by atoms with Gasteiger partial charge in [-0.3, -0.25) is 13.9 Å². The lowest BCUT2D eigenvalue weighted by Gasteiger charge is -2.30. The molecular formula is C20H19N7O4S. The molecule has 0 atom stereocenters. The Balaban J connectivity index is 1.66. The normalized spacial score (nSPS) is 14.8. The molecule has 0 unspecified atom stereocenters. The second kappa shape index (κ2) is 8.04. The molecule has 11 nitrogen and oxygen atoms in total. The Morgan fingerprint density at radius 3 is 2.59 bits per heavy atom. The number of aromatic amines is 1. The molecule has 12 heteroatoms. The molecule has 1 amide bonds. The van der Waals surface area contributed by atoms with E-state index in [-0.39, 0.29) is 31.2 Å². The van der Waals surface area contributed by atoms with Gasteiger partial charge in [-0.1, -0.05) is 35.5 Å². The van der Waals surface area contributed by atoms with E-state index in [9.17, 15) is 19.5 Å². The van der Waals surface area contributed by atoms with E-state index in [1.165, 1.54) is 25.4 Å². The zero-order valence-corrected chi connectivity index (χ0v) is 17.7. The van der Waals surface area contributed by atoms with Gasteiger partial charge in [0.1, 0.15) is 4.70 Å². The molecule has 3 aromatic heterocycles. The maximum absolute atomic E-state index is 13.5. The maximum Gasteiger partial charge on any atom is 0.407 e. The predicted octanol–water partition coefficient (Wildman–Crippen LogP) is 1.77. The number of rotatable bonds is 4. The van der Waals surface area contributed by atoms with Gasteiger partial charge in [-0.25, -0.2) is 9.59 Å². The van der Waals surface area contributed by atoms with Crippen molar-refractivity contribution >= 4 is 27.6 Å². The number of carboxylic acid groups (broad SMARTS) is 1. The van der Waals surface area contributed by atoms with Crippen LogP contribution in [-0.4, -0.2) is 58.9 Å². The van der Waals surface area contributed by atoms with Gasteiger partial charge in [0.2, 0.25) is 0 Å². The van der Waals surface area contributed by atoms with E-state index in [2.05, 4.69) is 20.6 Å². The number of tetrazole rings is 1. The van der Waals surface area contributed by atoms with E-state index in [4.69, 9.17) is 0 Å². The second-order valence-electron chi connectivity index (χ2n) is 7.56. The van der Waals surface area contributed by atoms with Crippen LogP contribution in [0.5, 0.6) is 0 Å². The zero-order chi connectivity index (χ0) is 22.2. The Morgan fingerprint density at radius 1 is 1.19 bits per heavy atom. The highest BCUT2D eigenvalue weighted by atomic mass is 32.1. The standard InChI is InChI=1S/C20H19N7O4S/c28-18-17-14(10-15(32-17)12-4-2-1-3-5-12)26(11-16-21-23-24-22-16)19(29)27(18)13-6-8-25(9-7-13)20(30)31/h1-5,10,13H,6-9,11H2,(H,30,31)(H,21,22,23,24). The van der Waals surface area contributed by atoms with E-state index >= 15 is 0 Å². The third-order valence-corrected chi connectivity index (χ3v) is 6.86. The van der Waals surface area contributed by atoms with Crippen LogP contribution in [0.3, 0.4) is 0 Å². The van der Waals surface area contributed by atoms with Crippen molar-refractivity contribution in [1.82, 2.24) is 34.7 Å². The molecule has 1 aliphatic heterocycles. The average Bonchev–Trinajstić information content (AvgIpc) is 3.48. The van der Waals surface area contributed by atoms with Crippen molar-refractivity contribution in [1.29, 1.82) is 0 Å². The molecule has 1 saturated heterocycles. The summed E-state index contributed by atoms with van der Waals surface area (Å²) in [6.45, 7) is 0.605. The number of amides is 1. The van der Waals surface area contributed by atoms with Crippen LogP contribution in [0, 0.1) is 0 Å². The van der Waals surface area contributed by atoms with E-state index in [0.717, 1.165) is 10.4 Å². The molecule has 2 N–H and O–H groups in total. The third-order valence-electron chi connectivity index (χ3n) is 5.70. The highest BCUT2D eigenvalue weighted by Gasteiger charge is 2.28. The summed E-state index contributed by atoms with van der Waals surface area (Å²) in [4.78, 5) is 40.4. The smallest absolute Gasteiger partial charge is 0.407 e. The minimum atomic E-state index is -0.994. The van der Waals surface area contributed by atoms with Crippen LogP contribution in [-0.2, 0) is 6.54 Å². The highest BCUT2D eigenvalue weighted by molar-refractivity contribution is 7.22. The van der Waals surface area contributed by atoms with Crippen LogP contribution in [0.4, 0.5) is 4.79 Å². The number of thiophene rings is 1. The first-order valence-corrected chi connectivity index (χ1v) is 10.9. The Kier molecular flexibility index (Phi) is 5.05. The third kappa shape index (κ3) is 3.47. The number of nitrogens with zero attached hydrogens (tertiary/aromatic N) is 6. The summed E-state index contributed by atoms with van der Waals surface area (Å²) in [5.74, 6) is 0.326. The topological polar surface area (TPSA) is 139 Å². The summed E-state index contributed by atoms with van der Waals surface area (Å²) in [6, 6.07) is 11.1. The lowest BCUT2D eigenvalue weighted by Crippen LogP contribution is -2.46. The van der Waals surface area contributed by atoms with Gasteiger partial charge in [0.25, 0.3) is 5.56 Å². The molecule has 4 heterocycles. The fourth-order valence-corrected chi connectivity index (χ4v) is 5.19. The van der Waals surface area contributed by atoms with Gasteiger partial charge >= 0.3 is 11.8 Å². The monoisotopic (exact) mass is 453 g/mol. The Bertz CT molecular complexity index is 1380. The maximum atomic E-state index is 13.5. The quantitative estimate of drug-likeness (QED) is 0.480. The van der Waals surface area contributed by atoms with Gasteiger partial charge in [-0.2, -0.15) is 5.21 Å².